The van der Waals surface area contributed by atoms with Gasteiger partial charge in [0.05, 0.1) is 25.4 Å². The molecule has 11 heteroatoms. The molecule has 8 unspecified atom stereocenters. The first-order chi connectivity index (χ1) is 35.2. The van der Waals surface area contributed by atoms with Crippen molar-refractivity contribution < 1.29 is 49.3 Å². The minimum Gasteiger partial charge on any atom is -0.454 e. The molecule has 72 heavy (non-hydrogen) atoms. The molecule has 0 aliphatic carbocycles. The van der Waals surface area contributed by atoms with Crippen molar-refractivity contribution in [3.05, 3.63) is 97.2 Å². The Morgan fingerprint density at radius 3 is 1.65 bits per heavy atom. The Bertz CT molecular complexity index is 1530. The van der Waals surface area contributed by atoms with E-state index in [0.29, 0.717) is 12.8 Å². The average Bonchev–Trinajstić information content (AvgIpc) is 3.38. The van der Waals surface area contributed by atoms with Crippen LogP contribution >= 0.6 is 0 Å². The van der Waals surface area contributed by atoms with E-state index in [1.165, 1.54) is 70.6 Å². The van der Waals surface area contributed by atoms with Gasteiger partial charge in [-0.25, -0.2) is 0 Å². The van der Waals surface area contributed by atoms with Gasteiger partial charge in [0.2, 0.25) is 5.91 Å². The Kier molecular flexibility index (Phi) is 44.9. The number of carbonyl (C=O) groups is 2. The van der Waals surface area contributed by atoms with Crippen LogP contribution in [0, 0.1) is 0 Å². The second-order valence-electron chi connectivity index (χ2n) is 19.4. The third-order valence-corrected chi connectivity index (χ3v) is 12.8. The van der Waals surface area contributed by atoms with E-state index in [4.69, 9.17) is 14.2 Å². The Hall–Kier alpha value is -3.42. The Morgan fingerprint density at radius 1 is 0.569 bits per heavy atom. The fourth-order valence-corrected chi connectivity index (χ4v) is 8.25. The highest BCUT2D eigenvalue weighted by molar-refractivity contribution is 5.80. The van der Waals surface area contributed by atoms with E-state index in [9.17, 15) is 35.1 Å². The van der Waals surface area contributed by atoms with Crippen molar-refractivity contribution >= 4 is 11.9 Å². The first kappa shape index (κ1) is 66.6. The Balaban J connectivity index is 2.75. The number of carbonyl (C=O) groups excluding carboxylic acids is 2. The first-order valence-electron chi connectivity index (χ1n) is 28.6. The molecular weight excluding hydrogens is 907 g/mol. The van der Waals surface area contributed by atoms with Crippen LogP contribution in [0.1, 0.15) is 213 Å². The lowest BCUT2D eigenvalue weighted by Crippen LogP contribution is -2.61. The SMILES string of the molecule is CC/C=C/C=C/C=C\C=C/CCCCC(O)C(=O)NC(COC1OC(CO)C(O)C(O)C1OC(=O)CCCCCCCC/C=C\C/C=C\C/C=C\CCCCC)C(O)/C=C/CCCCCCCCCCCC. The van der Waals surface area contributed by atoms with Gasteiger partial charge in [-0.2, -0.15) is 0 Å². The largest absolute Gasteiger partial charge is 0.454 e. The van der Waals surface area contributed by atoms with Gasteiger partial charge in [-0.05, 0) is 83.5 Å². The second kappa shape index (κ2) is 48.5. The fourth-order valence-electron chi connectivity index (χ4n) is 8.25. The Morgan fingerprint density at radius 2 is 1.06 bits per heavy atom. The fraction of sp³-hybridized carbons (Fsp3) is 0.705. The molecule has 1 saturated heterocycles. The summed E-state index contributed by atoms with van der Waals surface area (Å²) in [5, 5.41) is 56.7. The van der Waals surface area contributed by atoms with Crippen LogP contribution in [-0.4, -0.2) is 99.6 Å². The number of unbranched alkanes of at least 4 members (excludes halogenated alkanes) is 21. The van der Waals surface area contributed by atoms with E-state index in [-0.39, 0.29) is 19.4 Å². The third kappa shape index (κ3) is 36.5. The van der Waals surface area contributed by atoms with E-state index < -0.39 is 67.4 Å². The number of hydrogen-bond acceptors (Lipinski definition) is 10. The molecule has 1 heterocycles. The normalized spacial score (nSPS) is 20.2. The molecular formula is C61H103NO10. The maximum atomic E-state index is 13.3. The number of rotatable bonds is 46. The second-order valence-corrected chi connectivity index (χ2v) is 19.4. The molecule has 0 bridgehead atoms. The maximum absolute atomic E-state index is 13.3. The van der Waals surface area contributed by atoms with E-state index in [1.807, 2.05) is 48.6 Å². The van der Waals surface area contributed by atoms with Crippen molar-refractivity contribution in [3.63, 3.8) is 0 Å². The summed E-state index contributed by atoms with van der Waals surface area (Å²) in [6.45, 7) is 5.55. The lowest BCUT2D eigenvalue weighted by Gasteiger charge is -2.41. The molecule has 1 aliphatic heterocycles. The van der Waals surface area contributed by atoms with E-state index in [2.05, 4.69) is 68.6 Å². The van der Waals surface area contributed by atoms with Gasteiger partial charge in [-0.15, -0.1) is 0 Å². The van der Waals surface area contributed by atoms with Crippen molar-refractivity contribution in [3.8, 4) is 0 Å². The molecule has 1 rings (SSSR count). The molecule has 412 valence electrons. The van der Waals surface area contributed by atoms with Crippen LogP contribution in [0.3, 0.4) is 0 Å². The summed E-state index contributed by atoms with van der Waals surface area (Å²) in [7, 11) is 0. The van der Waals surface area contributed by atoms with E-state index in [1.54, 1.807) is 6.08 Å². The first-order valence-corrected chi connectivity index (χ1v) is 28.6. The average molecular weight is 1010 g/mol. The van der Waals surface area contributed by atoms with Gasteiger partial charge in [0.15, 0.2) is 12.4 Å². The monoisotopic (exact) mass is 1010 g/mol. The minimum atomic E-state index is -1.63. The summed E-state index contributed by atoms with van der Waals surface area (Å²) >= 11 is 0. The van der Waals surface area contributed by atoms with Crippen LogP contribution in [0.25, 0.3) is 0 Å². The van der Waals surface area contributed by atoms with Crippen molar-refractivity contribution in [1.82, 2.24) is 5.32 Å². The molecule has 0 aromatic heterocycles. The quantitative estimate of drug-likeness (QED) is 0.0149. The van der Waals surface area contributed by atoms with Crippen LogP contribution in [-0.2, 0) is 23.8 Å². The summed E-state index contributed by atoms with van der Waals surface area (Å²) in [4.78, 5) is 26.4. The molecule has 0 saturated carbocycles. The minimum absolute atomic E-state index is 0.0988. The molecule has 8 atom stereocenters. The molecule has 0 radical (unpaired) electrons. The molecule has 1 aliphatic rings. The third-order valence-electron chi connectivity index (χ3n) is 12.8. The highest BCUT2D eigenvalue weighted by Crippen LogP contribution is 2.26. The van der Waals surface area contributed by atoms with Gasteiger partial charge in [0, 0.05) is 6.42 Å². The highest BCUT2D eigenvalue weighted by atomic mass is 16.7. The van der Waals surface area contributed by atoms with Crippen LogP contribution in [0.5, 0.6) is 0 Å². The van der Waals surface area contributed by atoms with Crippen molar-refractivity contribution in [2.45, 2.75) is 262 Å². The maximum Gasteiger partial charge on any atom is 0.306 e. The van der Waals surface area contributed by atoms with Crippen LogP contribution < -0.4 is 5.32 Å². The number of esters is 1. The van der Waals surface area contributed by atoms with E-state index >= 15 is 0 Å². The number of aliphatic hydroxyl groups is 5. The summed E-state index contributed by atoms with van der Waals surface area (Å²) in [5.74, 6) is -1.26. The molecule has 11 nitrogen and oxygen atoms in total. The molecule has 0 aromatic carbocycles. The van der Waals surface area contributed by atoms with Crippen LogP contribution in [0.15, 0.2) is 97.2 Å². The number of nitrogens with one attached hydrogen (secondary N) is 1. The zero-order valence-corrected chi connectivity index (χ0v) is 45.3. The lowest BCUT2D eigenvalue weighted by atomic mass is 9.99. The summed E-state index contributed by atoms with van der Waals surface area (Å²) in [6.07, 6.45) is 53.1. The van der Waals surface area contributed by atoms with Gasteiger partial charge < -0.3 is 45.1 Å². The van der Waals surface area contributed by atoms with Gasteiger partial charge in [-0.3, -0.25) is 9.59 Å². The van der Waals surface area contributed by atoms with Crippen LogP contribution in [0.4, 0.5) is 0 Å². The Labute approximate surface area is 437 Å². The van der Waals surface area contributed by atoms with E-state index in [0.717, 1.165) is 96.3 Å². The molecule has 6 N–H and O–H groups in total. The standard InChI is InChI=1S/C61H103NO10/c1-4-7-10-13-16-19-22-25-26-27-28-29-30-31-34-37-40-43-46-49-56(66)72-59-58(68)57(67)55(50-63)71-61(59)70-51-52(53(64)47-44-41-38-35-32-23-20-17-14-11-8-5-2)62-60(69)54(65)48-45-42-39-36-33-24-21-18-15-12-9-6-3/h9,12,15-16,18-19,21,24-26,28-29,33,36,44,47,52-55,57-59,61,63-65,67-68H,4-8,10-11,13-14,17,20,22-23,27,30-32,34-35,37-43,45-46,48-51H2,1-3H3,(H,62,69)/b12-9+,18-15+,19-16-,24-21-,26-25-,29-28-,36-33-,47-44+. The number of allylic oxidation sites excluding steroid dienone is 15. The summed E-state index contributed by atoms with van der Waals surface area (Å²) in [5.41, 5.74) is 0. The van der Waals surface area contributed by atoms with Gasteiger partial charge in [0.1, 0.15) is 24.4 Å². The molecule has 1 amide bonds. The lowest BCUT2D eigenvalue weighted by molar-refractivity contribution is -0.305. The van der Waals surface area contributed by atoms with Crippen molar-refractivity contribution in [2.24, 2.45) is 0 Å². The topological polar surface area (TPSA) is 175 Å². The van der Waals surface area contributed by atoms with Gasteiger partial charge in [0.25, 0.3) is 0 Å². The summed E-state index contributed by atoms with van der Waals surface area (Å²) in [6, 6.07) is -1.05. The number of hydrogen-bond donors (Lipinski definition) is 6. The predicted molar refractivity (Wildman–Crippen MR) is 296 cm³/mol. The van der Waals surface area contributed by atoms with Gasteiger partial charge in [-0.1, -0.05) is 221 Å². The zero-order valence-electron chi connectivity index (χ0n) is 45.3. The number of ether oxygens (including phenoxy) is 3. The summed E-state index contributed by atoms with van der Waals surface area (Å²) < 4.78 is 17.5. The molecule has 1 fully saturated rings. The molecule has 0 spiro atoms. The van der Waals surface area contributed by atoms with Crippen molar-refractivity contribution in [2.75, 3.05) is 13.2 Å². The number of aliphatic hydroxyl groups excluding tert-OH is 5. The van der Waals surface area contributed by atoms with Gasteiger partial charge >= 0.3 is 5.97 Å². The van der Waals surface area contributed by atoms with Crippen molar-refractivity contribution in [1.29, 1.82) is 0 Å². The van der Waals surface area contributed by atoms with Crippen LogP contribution in [0.2, 0.25) is 0 Å². The smallest absolute Gasteiger partial charge is 0.306 e. The number of amides is 1. The molecule has 0 aromatic rings. The highest BCUT2D eigenvalue weighted by Gasteiger charge is 2.47. The predicted octanol–water partition coefficient (Wildman–Crippen LogP) is 12.8. The zero-order chi connectivity index (χ0) is 52.5.